The molecule has 0 N–H and O–H groups in total. The average Bonchev–Trinajstić information content (AvgIpc) is 3.18. The van der Waals surface area contributed by atoms with E-state index in [1.54, 1.807) is 7.11 Å². The number of likely N-dealkylation sites (tertiary alicyclic amines) is 1. The molecule has 3 rings (SSSR count). The molecular formula is C21H28N2O. The molecule has 0 saturated carbocycles. The van der Waals surface area contributed by atoms with Crippen LogP contribution in [0.5, 0.6) is 5.75 Å². The predicted molar refractivity (Wildman–Crippen MR) is 101 cm³/mol. The van der Waals surface area contributed by atoms with Gasteiger partial charge in [0.05, 0.1) is 12.8 Å². The van der Waals surface area contributed by atoms with Crippen LogP contribution in [0.25, 0.3) is 0 Å². The highest BCUT2D eigenvalue weighted by molar-refractivity contribution is 5.60. The van der Waals surface area contributed by atoms with Gasteiger partial charge >= 0.3 is 0 Å². The molecule has 0 bridgehead atoms. The van der Waals surface area contributed by atoms with Gasteiger partial charge < -0.3 is 9.64 Å². The highest BCUT2D eigenvalue weighted by atomic mass is 16.5. The summed E-state index contributed by atoms with van der Waals surface area (Å²) in [5, 5.41) is 0. The van der Waals surface area contributed by atoms with Crippen molar-refractivity contribution in [3.05, 3.63) is 60.2 Å². The number of methoxy groups -OCH3 is 1. The Morgan fingerprint density at radius 2 is 1.62 bits per heavy atom. The molecule has 0 aromatic heterocycles. The van der Waals surface area contributed by atoms with Gasteiger partial charge in [0.2, 0.25) is 0 Å². The zero-order valence-corrected chi connectivity index (χ0v) is 15.0. The van der Waals surface area contributed by atoms with E-state index in [9.17, 15) is 0 Å². The van der Waals surface area contributed by atoms with Crippen molar-refractivity contribution in [2.45, 2.75) is 31.8 Å². The molecule has 0 unspecified atom stereocenters. The van der Waals surface area contributed by atoms with Crippen LogP contribution in [0.15, 0.2) is 54.6 Å². The van der Waals surface area contributed by atoms with Gasteiger partial charge in [0, 0.05) is 20.1 Å². The predicted octanol–water partition coefficient (Wildman–Crippen LogP) is 4.49. The fraction of sp³-hybridized carbons (Fsp3) is 0.429. The number of para-hydroxylation sites is 2. The number of benzene rings is 2. The van der Waals surface area contributed by atoms with Crippen molar-refractivity contribution in [3.63, 3.8) is 0 Å². The molecule has 0 radical (unpaired) electrons. The average molecular weight is 324 g/mol. The maximum absolute atomic E-state index is 5.64. The number of nitrogens with zero attached hydrogens (tertiary/aromatic N) is 2. The summed E-state index contributed by atoms with van der Waals surface area (Å²) in [6.07, 6.45) is 3.56. The molecule has 1 aliphatic heterocycles. The Bertz CT molecular complexity index is 652. The van der Waals surface area contributed by atoms with Crippen LogP contribution in [-0.2, 0) is 5.66 Å². The van der Waals surface area contributed by atoms with Gasteiger partial charge in [-0.15, -0.1) is 0 Å². The van der Waals surface area contributed by atoms with Gasteiger partial charge in [-0.2, -0.15) is 0 Å². The summed E-state index contributed by atoms with van der Waals surface area (Å²) in [6, 6.07) is 19.2. The monoisotopic (exact) mass is 324 g/mol. The van der Waals surface area contributed by atoms with Crippen LogP contribution < -0.4 is 9.64 Å². The van der Waals surface area contributed by atoms with Gasteiger partial charge in [-0.1, -0.05) is 49.4 Å². The van der Waals surface area contributed by atoms with E-state index >= 15 is 0 Å². The molecule has 128 valence electrons. The lowest BCUT2D eigenvalue weighted by Crippen LogP contribution is -2.56. The third-order valence-corrected chi connectivity index (χ3v) is 5.36. The lowest BCUT2D eigenvalue weighted by Gasteiger charge is -2.49. The molecule has 3 nitrogen and oxygen atoms in total. The van der Waals surface area contributed by atoms with E-state index in [4.69, 9.17) is 4.74 Å². The van der Waals surface area contributed by atoms with Crippen molar-refractivity contribution in [2.24, 2.45) is 0 Å². The lowest BCUT2D eigenvalue weighted by atomic mass is 9.92. The van der Waals surface area contributed by atoms with Crippen molar-refractivity contribution in [1.29, 1.82) is 0 Å². The van der Waals surface area contributed by atoms with Crippen LogP contribution >= 0.6 is 0 Å². The summed E-state index contributed by atoms with van der Waals surface area (Å²) in [5.41, 5.74) is 2.34. The molecule has 1 aliphatic rings. The fourth-order valence-electron chi connectivity index (χ4n) is 4.15. The highest BCUT2D eigenvalue weighted by Gasteiger charge is 2.42. The number of hydrogen-bond acceptors (Lipinski definition) is 3. The molecular weight excluding hydrogens is 296 g/mol. The molecule has 0 aliphatic carbocycles. The number of hydrogen-bond donors (Lipinski definition) is 0. The Labute approximate surface area is 145 Å². The summed E-state index contributed by atoms with van der Waals surface area (Å²) in [5.74, 6) is 0.924. The van der Waals surface area contributed by atoms with Gasteiger partial charge in [-0.25, -0.2) is 0 Å². The Morgan fingerprint density at radius 3 is 2.25 bits per heavy atom. The largest absolute Gasteiger partial charge is 0.495 e. The molecule has 1 atom stereocenters. The third-order valence-electron chi connectivity index (χ3n) is 5.36. The fourth-order valence-corrected chi connectivity index (χ4v) is 4.15. The lowest BCUT2D eigenvalue weighted by molar-refractivity contribution is 0.109. The van der Waals surface area contributed by atoms with Gasteiger partial charge in [0.1, 0.15) is 11.4 Å². The second kappa shape index (κ2) is 7.27. The van der Waals surface area contributed by atoms with E-state index in [0.29, 0.717) is 0 Å². The normalized spacial score (nSPS) is 17.5. The molecule has 1 saturated heterocycles. The Kier molecular flexibility index (Phi) is 5.10. The van der Waals surface area contributed by atoms with E-state index in [1.165, 1.54) is 18.4 Å². The molecule has 1 heterocycles. The first-order valence-electron chi connectivity index (χ1n) is 8.91. The first kappa shape index (κ1) is 16.8. The first-order chi connectivity index (χ1) is 11.7. The first-order valence-corrected chi connectivity index (χ1v) is 8.91. The number of ether oxygens (including phenoxy) is 1. The molecule has 2 aromatic carbocycles. The minimum atomic E-state index is -0.146. The Balaban J connectivity index is 2.13. The van der Waals surface area contributed by atoms with Crippen molar-refractivity contribution in [1.82, 2.24) is 4.90 Å². The molecule has 3 heteroatoms. The molecule has 24 heavy (non-hydrogen) atoms. The van der Waals surface area contributed by atoms with E-state index in [-0.39, 0.29) is 5.66 Å². The van der Waals surface area contributed by atoms with E-state index in [1.807, 2.05) is 12.1 Å². The highest BCUT2D eigenvalue weighted by Crippen LogP contribution is 2.42. The summed E-state index contributed by atoms with van der Waals surface area (Å²) in [6.45, 7) is 4.57. The van der Waals surface area contributed by atoms with E-state index in [0.717, 1.165) is 30.9 Å². The van der Waals surface area contributed by atoms with Crippen molar-refractivity contribution in [3.8, 4) is 5.75 Å². The Morgan fingerprint density at radius 1 is 1.00 bits per heavy atom. The maximum atomic E-state index is 5.64. The van der Waals surface area contributed by atoms with Crippen molar-refractivity contribution >= 4 is 5.69 Å². The SMILES string of the molecule is CC[C@@](c1ccccc1)(N1CCCC1)N(C)c1ccccc1OC. The smallest absolute Gasteiger partial charge is 0.142 e. The topological polar surface area (TPSA) is 15.7 Å². The minimum absolute atomic E-state index is 0.146. The summed E-state index contributed by atoms with van der Waals surface area (Å²) in [4.78, 5) is 5.04. The summed E-state index contributed by atoms with van der Waals surface area (Å²) in [7, 11) is 3.95. The number of anilines is 1. The van der Waals surface area contributed by atoms with E-state index in [2.05, 4.69) is 66.2 Å². The van der Waals surface area contributed by atoms with Crippen molar-refractivity contribution < 1.29 is 4.74 Å². The van der Waals surface area contributed by atoms with Gasteiger partial charge in [0.15, 0.2) is 0 Å². The second-order valence-corrected chi connectivity index (χ2v) is 6.46. The zero-order chi connectivity index (χ0) is 17.0. The van der Waals surface area contributed by atoms with Crippen LogP contribution in [0.3, 0.4) is 0 Å². The quantitative estimate of drug-likeness (QED) is 0.778. The maximum Gasteiger partial charge on any atom is 0.142 e. The standard InChI is InChI=1S/C21H28N2O/c1-4-21(23-16-10-11-17-23,18-12-6-5-7-13-18)22(2)19-14-8-9-15-20(19)24-3/h5-9,12-15H,4,10-11,16-17H2,1-3H3/t21-/m0/s1. The minimum Gasteiger partial charge on any atom is -0.495 e. The van der Waals surface area contributed by atoms with Crippen LogP contribution in [0.1, 0.15) is 31.7 Å². The van der Waals surface area contributed by atoms with Crippen LogP contribution in [0.4, 0.5) is 5.69 Å². The molecule has 2 aromatic rings. The van der Waals surface area contributed by atoms with E-state index < -0.39 is 0 Å². The van der Waals surface area contributed by atoms with Gasteiger partial charge in [0.25, 0.3) is 0 Å². The van der Waals surface area contributed by atoms with Gasteiger partial charge in [-0.3, -0.25) is 4.90 Å². The van der Waals surface area contributed by atoms with Crippen LogP contribution in [-0.4, -0.2) is 32.1 Å². The third kappa shape index (κ3) is 2.78. The summed E-state index contributed by atoms with van der Waals surface area (Å²) < 4.78 is 5.64. The van der Waals surface area contributed by atoms with Crippen LogP contribution in [0, 0.1) is 0 Å². The second-order valence-electron chi connectivity index (χ2n) is 6.46. The van der Waals surface area contributed by atoms with Crippen molar-refractivity contribution in [2.75, 3.05) is 32.1 Å². The van der Waals surface area contributed by atoms with Crippen LogP contribution in [0.2, 0.25) is 0 Å². The number of rotatable bonds is 6. The molecule has 0 spiro atoms. The summed E-state index contributed by atoms with van der Waals surface area (Å²) >= 11 is 0. The zero-order valence-electron chi connectivity index (χ0n) is 15.0. The molecule has 0 amide bonds. The molecule has 1 fully saturated rings. The van der Waals surface area contributed by atoms with Gasteiger partial charge in [-0.05, 0) is 37.0 Å². The Hall–Kier alpha value is -2.00.